The summed E-state index contributed by atoms with van der Waals surface area (Å²) in [5.74, 6) is -0.245. The van der Waals surface area contributed by atoms with E-state index in [0.717, 1.165) is 54.1 Å². The summed E-state index contributed by atoms with van der Waals surface area (Å²) in [5.41, 5.74) is 2.75. The van der Waals surface area contributed by atoms with Crippen LogP contribution in [0.5, 0.6) is 5.75 Å². The Labute approximate surface area is 187 Å². The number of ether oxygens (including phenoxy) is 1. The lowest BCUT2D eigenvalue weighted by Crippen LogP contribution is -2.36. The van der Waals surface area contributed by atoms with Gasteiger partial charge in [-0.1, -0.05) is 37.5 Å². The van der Waals surface area contributed by atoms with Crippen LogP contribution in [0.1, 0.15) is 49.3 Å². The molecule has 2 aromatic heterocycles. The van der Waals surface area contributed by atoms with Crippen LogP contribution < -0.4 is 10.1 Å². The van der Waals surface area contributed by atoms with Crippen LogP contribution in [0.4, 0.5) is 0 Å². The van der Waals surface area contributed by atoms with Gasteiger partial charge in [0, 0.05) is 42.0 Å². The molecule has 7 nitrogen and oxygen atoms in total. The van der Waals surface area contributed by atoms with E-state index < -0.39 is 18.2 Å². The second kappa shape index (κ2) is 10.6. The van der Waals surface area contributed by atoms with Gasteiger partial charge in [-0.3, -0.25) is 4.98 Å². The molecule has 2 atom stereocenters. The fourth-order valence-corrected chi connectivity index (χ4v) is 4.56. The molecular formula is C25H31N3O4. The van der Waals surface area contributed by atoms with E-state index in [0.29, 0.717) is 18.8 Å². The lowest BCUT2D eigenvalue weighted by atomic mass is 9.85. The Kier molecular flexibility index (Phi) is 7.39. The number of aromatic amines is 1. The van der Waals surface area contributed by atoms with Gasteiger partial charge in [-0.15, -0.1) is 0 Å². The van der Waals surface area contributed by atoms with Crippen molar-refractivity contribution in [3.05, 3.63) is 60.0 Å². The maximum Gasteiger partial charge on any atom is 0.345 e. The van der Waals surface area contributed by atoms with E-state index in [-0.39, 0.29) is 5.92 Å². The van der Waals surface area contributed by atoms with Crippen molar-refractivity contribution >= 4 is 16.9 Å². The van der Waals surface area contributed by atoms with Crippen molar-refractivity contribution in [2.45, 2.75) is 50.7 Å². The summed E-state index contributed by atoms with van der Waals surface area (Å²) < 4.78 is 6.06. The summed E-state index contributed by atoms with van der Waals surface area (Å²) in [4.78, 5) is 19.2. The predicted octanol–water partition coefficient (Wildman–Crippen LogP) is 3.84. The second-order valence-corrected chi connectivity index (χ2v) is 8.52. The number of aromatic nitrogens is 2. The summed E-state index contributed by atoms with van der Waals surface area (Å²) in [6, 6.07) is 9.44. The quantitative estimate of drug-likeness (QED) is 0.359. The molecule has 3 aromatic rings. The number of benzene rings is 1. The Hall–Kier alpha value is -2.90. The largest absolute Gasteiger partial charge is 0.478 e. The highest BCUT2D eigenvalue weighted by atomic mass is 16.5. The zero-order valence-corrected chi connectivity index (χ0v) is 18.2. The molecule has 0 unspecified atom stereocenters. The maximum absolute atomic E-state index is 11.9. The zero-order chi connectivity index (χ0) is 22.3. The number of H-pyrrole nitrogens is 1. The SMILES string of the molecule is O=C(O)[C@@H](Oc1cccc2c(CCNC[C@H](O)c3cccnc3)c[nH]c12)C1CCCCC1. The Morgan fingerprint density at radius 2 is 2.06 bits per heavy atom. The molecule has 1 aliphatic rings. The van der Waals surface area contributed by atoms with Crippen LogP contribution in [-0.2, 0) is 11.2 Å². The molecule has 0 saturated heterocycles. The maximum atomic E-state index is 11.9. The van der Waals surface area contributed by atoms with Crippen LogP contribution in [0.3, 0.4) is 0 Å². The lowest BCUT2D eigenvalue weighted by molar-refractivity contribution is -0.148. The van der Waals surface area contributed by atoms with Crippen molar-refractivity contribution in [3.63, 3.8) is 0 Å². The Morgan fingerprint density at radius 3 is 2.81 bits per heavy atom. The molecular weight excluding hydrogens is 406 g/mol. The lowest BCUT2D eigenvalue weighted by Gasteiger charge is -2.28. The number of hydrogen-bond donors (Lipinski definition) is 4. The van der Waals surface area contributed by atoms with Gasteiger partial charge in [-0.05, 0) is 43.5 Å². The molecule has 1 saturated carbocycles. The predicted molar refractivity (Wildman–Crippen MR) is 123 cm³/mol. The highest BCUT2D eigenvalue weighted by Crippen LogP contribution is 2.33. The molecule has 2 heterocycles. The number of nitrogens with zero attached hydrogens (tertiary/aromatic N) is 1. The van der Waals surface area contributed by atoms with Crippen LogP contribution in [0.15, 0.2) is 48.9 Å². The average molecular weight is 438 g/mol. The normalized spacial score (nSPS) is 16.7. The summed E-state index contributed by atoms with van der Waals surface area (Å²) in [6.45, 7) is 1.15. The Balaban J connectivity index is 1.38. The van der Waals surface area contributed by atoms with Crippen molar-refractivity contribution in [2.24, 2.45) is 5.92 Å². The summed E-state index contributed by atoms with van der Waals surface area (Å²) >= 11 is 0. The first-order chi connectivity index (χ1) is 15.6. The Morgan fingerprint density at radius 1 is 1.22 bits per heavy atom. The minimum atomic E-state index is -0.892. The van der Waals surface area contributed by atoms with E-state index in [1.807, 2.05) is 36.5 Å². The fraction of sp³-hybridized carbons (Fsp3) is 0.440. The van der Waals surface area contributed by atoms with E-state index in [1.54, 1.807) is 12.4 Å². The Bertz CT molecular complexity index is 1010. The molecule has 0 amide bonds. The topological polar surface area (TPSA) is 107 Å². The number of aliphatic carboxylic acids is 1. The number of nitrogens with one attached hydrogen (secondary N) is 2. The minimum absolute atomic E-state index is 0.0568. The highest BCUT2D eigenvalue weighted by Gasteiger charge is 2.31. The van der Waals surface area contributed by atoms with Crippen LogP contribution in [0.25, 0.3) is 10.9 Å². The molecule has 0 radical (unpaired) electrons. The number of fused-ring (bicyclic) bond motifs is 1. The van der Waals surface area contributed by atoms with Crippen molar-refractivity contribution in [2.75, 3.05) is 13.1 Å². The molecule has 4 rings (SSSR count). The number of hydrogen-bond acceptors (Lipinski definition) is 5. The number of pyridine rings is 1. The van der Waals surface area contributed by atoms with Crippen molar-refractivity contribution in [1.29, 1.82) is 0 Å². The average Bonchev–Trinajstić information content (AvgIpc) is 3.25. The van der Waals surface area contributed by atoms with Crippen molar-refractivity contribution in [1.82, 2.24) is 15.3 Å². The molecule has 4 N–H and O–H groups in total. The van der Waals surface area contributed by atoms with Gasteiger partial charge in [0.2, 0.25) is 0 Å². The zero-order valence-electron chi connectivity index (χ0n) is 18.2. The van der Waals surface area contributed by atoms with E-state index in [9.17, 15) is 15.0 Å². The molecule has 0 aliphatic heterocycles. The standard InChI is InChI=1S/C25H31N3O4/c29-21(19-8-5-12-26-14-19)16-27-13-11-18-15-28-23-20(18)9-4-10-22(23)32-24(25(30)31)17-6-2-1-3-7-17/h4-5,8-10,12,14-15,17,21,24,27-29H,1-3,6-7,11,13,16H2,(H,30,31)/t21-,24-/m0/s1. The minimum Gasteiger partial charge on any atom is -0.478 e. The molecule has 0 bridgehead atoms. The van der Waals surface area contributed by atoms with E-state index in [2.05, 4.69) is 15.3 Å². The van der Waals surface area contributed by atoms with Gasteiger partial charge < -0.3 is 25.3 Å². The molecule has 7 heteroatoms. The van der Waals surface area contributed by atoms with Gasteiger partial charge in [0.15, 0.2) is 6.10 Å². The third-order valence-corrected chi connectivity index (χ3v) is 6.32. The third-order valence-electron chi connectivity index (χ3n) is 6.32. The van der Waals surface area contributed by atoms with E-state index >= 15 is 0 Å². The van der Waals surface area contributed by atoms with Gasteiger partial charge in [-0.25, -0.2) is 4.79 Å². The van der Waals surface area contributed by atoms with Crippen LogP contribution in [0.2, 0.25) is 0 Å². The molecule has 0 spiro atoms. The summed E-state index contributed by atoms with van der Waals surface area (Å²) in [6.07, 6.45) is 9.78. The van der Waals surface area contributed by atoms with Gasteiger partial charge >= 0.3 is 5.97 Å². The molecule has 1 aliphatic carbocycles. The highest BCUT2D eigenvalue weighted by molar-refractivity contribution is 5.88. The number of carboxylic acid groups (broad SMARTS) is 1. The molecule has 32 heavy (non-hydrogen) atoms. The third kappa shape index (κ3) is 5.29. The number of carbonyl (C=O) groups is 1. The number of para-hydroxylation sites is 1. The number of aliphatic hydroxyl groups is 1. The van der Waals surface area contributed by atoms with Crippen molar-refractivity contribution < 1.29 is 19.7 Å². The molecule has 170 valence electrons. The van der Waals surface area contributed by atoms with E-state index in [4.69, 9.17) is 4.74 Å². The first-order valence-electron chi connectivity index (χ1n) is 11.4. The number of carboxylic acids is 1. The summed E-state index contributed by atoms with van der Waals surface area (Å²) in [7, 11) is 0. The molecule has 1 aromatic carbocycles. The van der Waals surface area contributed by atoms with Crippen LogP contribution in [0, 0.1) is 5.92 Å². The van der Waals surface area contributed by atoms with Gasteiger partial charge in [0.1, 0.15) is 5.75 Å². The monoisotopic (exact) mass is 437 g/mol. The second-order valence-electron chi connectivity index (χ2n) is 8.52. The summed E-state index contributed by atoms with van der Waals surface area (Å²) in [5, 5.41) is 24.3. The fourth-order valence-electron chi connectivity index (χ4n) is 4.56. The first-order valence-corrected chi connectivity index (χ1v) is 11.4. The van der Waals surface area contributed by atoms with Crippen LogP contribution in [-0.4, -0.2) is 45.3 Å². The van der Waals surface area contributed by atoms with Crippen LogP contribution >= 0.6 is 0 Å². The van der Waals surface area contributed by atoms with E-state index in [1.165, 1.54) is 6.42 Å². The first kappa shape index (κ1) is 22.3. The van der Waals surface area contributed by atoms with Gasteiger partial charge in [-0.2, -0.15) is 0 Å². The van der Waals surface area contributed by atoms with Gasteiger partial charge in [0.05, 0.1) is 11.6 Å². The van der Waals surface area contributed by atoms with Gasteiger partial charge in [0.25, 0.3) is 0 Å². The molecule has 1 fully saturated rings. The smallest absolute Gasteiger partial charge is 0.345 e. The van der Waals surface area contributed by atoms with Crippen molar-refractivity contribution in [3.8, 4) is 5.75 Å². The number of rotatable bonds is 10. The number of aliphatic hydroxyl groups excluding tert-OH is 1.